The van der Waals surface area contributed by atoms with E-state index < -0.39 is 0 Å². The van der Waals surface area contributed by atoms with Crippen molar-refractivity contribution in [1.29, 1.82) is 0 Å². The van der Waals surface area contributed by atoms with Gasteiger partial charge in [0.15, 0.2) is 11.6 Å². The first kappa shape index (κ1) is 32.0. The van der Waals surface area contributed by atoms with Gasteiger partial charge in [-0.2, -0.15) is 9.97 Å². The summed E-state index contributed by atoms with van der Waals surface area (Å²) in [5, 5.41) is 9.77. The molecule has 0 aliphatic heterocycles. The van der Waals surface area contributed by atoms with Gasteiger partial charge in [0.1, 0.15) is 0 Å². The van der Waals surface area contributed by atoms with Crippen LogP contribution in [0.4, 0.5) is 0 Å². The molecular formula is C53H32N6. The van der Waals surface area contributed by atoms with Crippen molar-refractivity contribution in [3.63, 3.8) is 0 Å². The lowest BCUT2D eigenvalue weighted by Gasteiger charge is -2.12. The second-order valence-electron chi connectivity index (χ2n) is 15.2. The predicted molar refractivity (Wildman–Crippen MR) is 242 cm³/mol. The SMILES string of the molecule is c1ccc(-c2nc(-c3ccccc3)nc(-n3c4ccccc4c4cc(-n5c6cccc7ccc8c(c76)c5cc5c6ccccc6n(-c6ccccc6)c58)ccc43)n2)cc1. The van der Waals surface area contributed by atoms with Crippen molar-refractivity contribution in [2.24, 2.45) is 0 Å². The zero-order valence-corrected chi connectivity index (χ0v) is 31.7. The van der Waals surface area contributed by atoms with Crippen molar-refractivity contribution in [3.8, 4) is 40.1 Å². The molecule has 4 aromatic heterocycles. The molecule has 0 N–H and O–H groups in total. The van der Waals surface area contributed by atoms with Gasteiger partial charge in [-0.3, -0.25) is 4.57 Å². The molecule has 13 rings (SSSR count). The normalized spacial score (nSPS) is 12.1. The fourth-order valence-corrected chi connectivity index (χ4v) is 9.54. The molecule has 59 heavy (non-hydrogen) atoms. The minimum Gasteiger partial charge on any atom is -0.309 e. The first-order chi connectivity index (χ1) is 29.3. The zero-order valence-electron chi connectivity index (χ0n) is 31.7. The molecule has 0 saturated heterocycles. The first-order valence-corrected chi connectivity index (χ1v) is 20.0. The largest absolute Gasteiger partial charge is 0.309 e. The van der Waals surface area contributed by atoms with Crippen molar-refractivity contribution in [2.45, 2.75) is 0 Å². The van der Waals surface area contributed by atoms with Gasteiger partial charge in [-0.15, -0.1) is 0 Å². The van der Waals surface area contributed by atoms with Crippen LogP contribution < -0.4 is 0 Å². The second-order valence-corrected chi connectivity index (χ2v) is 15.2. The van der Waals surface area contributed by atoms with Crippen LogP contribution >= 0.6 is 0 Å². The molecule has 0 spiro atoms. The highest BCUT2D eigenvalue weighted by molar-refractivity contribution is 6.32. The Morgan fingerprint density at radius 2 is 0.898 bits per heavy atom. The molecule has 0 saturated carbocycles. The molecule has 0 radical (unpaired) electrons. The third-order valence-electron chi connectivity index (χ3n) is 12.0. The molecule has 0 unspecified atom stereocenters. The third kappa shape index (κ3) is 4.59. The summed E-state index contributed by atoms with van der Waals surface area (Å²) >= 11 is 0. The number of hydrogen-bond donors (Lipinski definition) is 0. The Balaban J connectivity index is 1.10. The van der Waals surface area contributed by atoms with E-state index >= 15 is 0 Å². The number of nitrogens with zero attached hydrogens (tertiary/aromatic N) is 6. The number of benzene rings is 9. The number of hydrogen-bond acceptors (Lipinski definition) is 3. The van der Waals surface area contributed by atoms with Crippen LogP contribution in [0.25, 0.3) is 116 Å². The smallest absolute Gasteiger partial charge is 0.238 e. The van der Waals surface area contributed by atoms with E-state index in [1.807, 2.05) is 60.7 Å². The topological polar surface area (TPSA) is 53.5 Å². The van der Waals surface area contributed by atoms with E-state index in [2.05, 4.69) is 147 Å². The maximum Gasteiger partial charge on any atom is 0.238 e. The van der Waals surface area contributed by atoms with Gasteiger partial charge in [-0.25, -0.2) is 4.98 Å². The summed E-state index contributed by atoms with van der Waals surface area (Å²) in [5.74, 6) is 1.85. The molecule has 0 aliphatic rings. The fourth-order valence-electron chi connectivity index (χ4n) is 9.54. The van der Waals surface area contributed by atoms with E-state index in [9.17, 15) is 0 Å². The second kappa shape index (κ2) is 12.2. The molecule has 4 heterocycles. The van der Waals surface area contributed by atoms with Crippen LogP contribution in [-0.4, -0.2) is 28.7 Å². The van der Waals surface area contributed by atoms with E-state index in [-0.39, 0.29) is 0 Å². The van der Waals surface area contributed by atoms with Gasteiger partial charge in [0.05, 0.1) is 33.1 Å². The zero-order chi connectivity index (χ0) is 38.6. The van der Waals surface area contributed by atoms with E-state index in [1.165, 1.54) is 54.4 Å². The monoisotopic (exact) mass is 752 g/mol. The van der Waals surface area contributed by atoms with Crippen molar-refractivity contribution in [1.82, 2.24) is 28.7 Å². The summed E-state index contributed by atoms with van der Waals surface area (Å²) in [4.78, 5) is 15.3. The van der Waals surface area contributed by atoms with Crippen molar-refractivity contribution < 1.29 is 0 Å². The average molecular weight is 753 g/mol. The molecule has 0 fully saturated rings. The van der Waals surface area contributed by atoms with Gasteiger partial charge in [0.2, 0.25) is 5.95 Å². The Bertz CT molecular complexity index is 3710. The number of aromatic nitrogens is 6. The van der Waals surface area contributed by atoms with Gasteiger partial charge in [0.25, 0.3) is 0 Å². The van der Waals surface area contributed by atoms with Gasteiger partial charge in [0, 0.05) is 60.2 Å². The molecule has 0 bridgehead atoms. The molecule has 274 valence electrons. The van der Waals surface area contributed by atoms with Crippen molar-refractivity contribution in [3.05, 3.63) is 194 Å². The van der Waals surface area contributed by atoms with E-state index in [0.717, 1.165) is 44.3 Å². The first-order valence-electron chi connectivity index (χ1n) is 20.0. The van der Waals surface area contributed by atoms with Crippen LogP contribution in [-0.2, 0) is 0 Å². The average Bonchev–Trinajstić information content (AvgIpc) is 3.95. The number of rotatable bonds is 5. The van der Waals surface area contributed by atoms with Gasteiger partial charge in [-0.05, 0) is 60.0 Å². The Morgan fingerprint density at radius 3 is 1.61 bits per heavy atom. The minimum atomic E-state index is 0.581. The summed E-state index contributed by atoms with van der Waals surface area (Å²) < 4.78 is 7.10. The lowest BCUT2D eigenvalue weighted by molar-refractivity contribution is 0.953. The van der Waals surface area contributed by atoms with Crippen molar-refractivity contribution >= 4 is 76.2 Å². The van der Waals surface area contributed by atoms with E-state index in [4.69, 9.17) is 15.0 Å². The lowest BCUT2D eigenvalue weighted by atomic mass is 9.99. The highest BCUT2D eigenvalue weighted by Gasteiger charge is 2.24. The highest BCUT2D eigenvalue weighted by Crippen LogP contribution is 2.46. The predicted octanol–water partition coefficient (Wildman–Crippen LogP) is 13.1. The summed E-state index contributed by atoms with van der Waals surface area (Å²) in [6, 6.07) is 69.0. The van der Waals surface area contributed by atoms with Gasteiger partial charge < -0.3 is 9.13 Å². The van der Waals surface area contributed by atoms with Crippen LogP contribution in [0, 0.1) is 0 Å². The summed E-state index contributed by atoms with van der Waals surface area (Å²) in [5.41, 5.74) is 11.0. The van der Waals surface area contributed by atoms with Crippen LogP contribution in [0.15, 0.2) is 194 Å². The highest BCUT2D eigenvalue weighted by atomic mass is 15.2. The Hall–Kier alpha value is -8.09. The van der Waals surface area contributed by atoms with Gasteiger partial charge >= 0.3 is 0 Å². The molecule has 9 aromatic carbocycles. The fraction of sp³-hybridized carbons (Fsp3) is 0. The van der Waals surface area contributed by atoms with Crippen LogP contribution in [0.5, 0.6) is 0 Å². The minimum absolute atomic E-state index is 0.581. The maximum atomic E-state index is 5.16. The number of fused-ring (bicyclic) bond motifs is 7. The molecule has 0 atom stereocenters. The third-order valence-corrected chi connectivity index (χ3v) is 12.0. The maximum absolute atomic E-state index is 5.16. The van der Waals surface area contributed by atoms with E-state index in [1.54, 1.807) is 0 Å². The quantitative estimate of drug-likeness (QED) is 0.165. The molecule has 0 amide bonds. The molecule has 6 nitrogen and oxygen atoms in total. The van der Waals surface area contributed by atoms with Gasteiger partial charge in [-0.1, -0.05) is 140 Å². The molecule has 0 aliphatic carbocycles. The number of para-hydroxylation sites is 3. The Kier molecular flexibility index (Phi) is 6.63. The summed E-state index contributed by atoms with van der Waals surface area (Å²) in [6.07, 6.45) is 0. The Labute approximate surface area is 337 Å². The Morgan fingerprint density at radius 1 is 0.305 bits per heavy atom. The molecule has 6 heteroatoms. The van der Waals surface area contributed by atoms with Crippen LogP contribution in [0.1, 0.15) is 0 Å². The molecule has 13 aromatic rings. The summed E-state index contributed by atoms with van der Waals surface area (Å²) in [6.45, 7) is 0. The standard InChI is InChI=1S/C53H32N6/c1-4-15-34(16-5-1)51-54-52(35-17-6-2-7-18-35)56-53(55-51)59-44-25-13-10-22-38(44)41-31-37(28-30-45(41)59)57-46-26-14-19-33-27-29-40-49(48(33)46)47(57)32-42-39-23-11-12-24-43(39)58(50(40)42)36-20-8-3-9-21-36/h1-32H. The summed E-state index contributed by atoms with van der Waals surface area (Å²) in [7, 11) is 0. The van der Waals surface area contributed by atoms with Crippen molar-refractivity contribution in [2.75, 3.05) is 0 Å². The lowest BCUT2D eigenvalue weighted by Crippen LogP contribution is -2.06. The van der Waals surface area contributed by atoms with E-state index in [0.29, 0.717) is 17.6 Å². The van der Waals surface area contributed by atoms with Crippen LogP contribution in [0.3, 0.4) is 0 Å². The van der Waals surface area contributed by atoms with Crippen LogP contribution in [0.2, 0.25) is 0 Å². The molecular weight excluding hydrogens is 721 g/mol.